The Labute approximate surface area is 92.4 Å². The molecule has 0 aliphatic heterocycles. The van der Waals surface area contributed by atoms with Crippen molar-refractivity contribution in [2.45, 2.75) is 39.4 Å². The van der Waals surface area contributed by atoms with Gasteiger partial charge in [-0.05, 0) is 31.4 Å². The molecule has 0 heterocycles. The highest BCUT2D eigenvalue weighted by molar-refractivity contribution is 5.28. The summed E-state index contributed by atoms with van der Waals surface area (Å²) in [5.41, 5.74) is 8.21. The van der Waals surface area contributed by atoms with Crippen molar-refractivity contribution in [3.63, 3.8) is 0 Å². The summed E-state index contributed by atoms with van der Waals surface area (Å²) in [4.78, 5) is 0. The molecule has 15 heavy (non-hydrogen) atoms. The average Bonchev–Trinajstić information content (AvgIpc) is 2.26. The summed E-state index contributed by atoms with van der Waals surface area (Å²) < 4.78 is 5.89. The topological polar surface area (TPSA) is 35.2 Å². The maximum Gasteiger partial charge on any atom is 0.0953 e. The van der Waals surface area contributed by atoms with Crippen molar-refractivity contribution in [2.24, 2.45) is 5.73 Å². The van der Waals surface area contributed by atoms with Crippen molar-refractivity contribution in [1.82, 2.24) is 0 Å². The number of rotatable bonds is 5. The van der Waals surface area contributed by atoms with E-state index in [9.17, 15) is 0 Å². The molecule has 0 aliphatic rings. The maximum absolute atomic E-state index is 5.89. The highest BCUT2D eigenvalue weighted by Crippen LogP contribution is 2.22. The summed E-state index contributed by atoms with van der Waals surface area (Å²) in [6, 6.07) is 8.26. The van der Waals surface area contributed by atoms with Gasteiger partial charge >= 0.3 is 0 Å². The van der Waals surface area contributed by atoms with Crippen molar-refractivity contribution in [2.75, 3.05) is 6.54 Å². The van der Waals surface area contributed by atoms with Gasteiger partial charge in [0.2, 0.25) is 0 Å². The molecule has 2 N–H and O–H groups in total. The Balaban J connectivity index is 2.78. The third-order valence-electron chi connectivity index (χ3n) is 2.72. The predicted octanol–water partition coefficient (Wildman–Crippen LogP) is 2.81. The molecule has 2 atom stereocenters. The van der Waals surface area contributed by atoms with E-state index in [2.05, 4.69) is 32.9 Å². The average molecular weight is 207 g/mol. The normalized spacial score (nSPS) is 14.9. The van der Waals surface area contributed by atoms with Crippen LogP contribution >= 0.6 is 0 Å². The lowest BCUT2D eigenvalue weighted by Crippen LogP contribution is -2.21. The van der Waals surface area contributed by atoms with E-state index >= 15 is 0 Å². The van der Waals surface area contributed by atoms with Gasteiger partial charge in [0.25, 0.3) is 0 Å². The van der Waals surface area contributed by atoms with Crippen molar-refractivity contribution >= 4 is 0 Å². The van der Waals surface area contributed by atoms with Crippen LogP contribution in [0.1, 0.15) is 37.5 Å². The molecule has 84 valence electrons. The van der Waals surface area contributed by atoms with E-state index in [1.807, 2.05) is 12.1 Å². The number of hydrogen-bond donors (Lipinski definition) is 1. The predicted molar refractivity (Wildman–Crippen MR) is 63.8 cm³/mol. The molecule has 1 aromatic carbocycles. The van der Waals surface area contributed by atoms with Crippen LogP contribution in [0.5, 0.6) is 0 Å². The SMILES string of the molecule is CCC(C)OC(CN)c1ccccc1C. The molecule has 0 amide bonds. The van der Waals surface area contributed by atoms with E-state index in [1.165, 1.54) is 11.1 Å². The van der Waals surface area contributed by atoms with Gasteiger partial charge in [0.15, 0.2) is 0 Å². The molecule has 0 aliphatic carbocycles. The van der Waals surface area contributed by atoms with Gasteiger partial charge in [-0.1, -0.05) is 31.2 Å². The standard InChI is InChI=1S/C13H21NO/c1-4-11(3)15-13(9-14)12-8-6-5-7-10(12)2/h5-8,11,13H,4,9,14H2,1-3H3. The largest absolute Gasteiger partial charge is 0.369 e. The van der Waals surface area contributed by atoms with E-state index in [4.69, 9.17) is 10.5 Å². The molecule has 2 unspecified atom stereocenters. The highest BCUT2D eigenvalue weighted by atomic mass is 16.5. The monoisotopic (exact) mass is 207 g/mol. The molecule has 0 spiro atoms. The molecule has 2 heteroatoms. The van der Waals surface area contributed by atoms with E-state index in [-0.39, 0.29) is 12.2 Å². The van der Waals surface area contributed by atoms with Crippen molar-refractivity contribution < 1.29 is 4.74 Å². The Morgan fingerprint density at radius 1 is 1.33 bits per heavy atom. The van der Waals surface area contributed by atoms with Gasteiger partial charge in [-0.3, -0.25) is 0 Å². The van der Waals surface area contributed by atoms with Gasteiger partial charge in [0.1, 0.15) is 0 Å². The molecular formula is C13H21NO. The quantitative estimate of drug-likeness (QED) is 0.805. The fraction of sp³-hybridized carbons (Fsp3) is 0.538. The van der Waals surface area contributed by atoms with E-state index < -0.39 is 0 Å². The van der Waals surface area contributed by atoms with Gasteiger partial charge in [0.05, 0.1) is 12.2 Å². The Bertz CT molecular complexity index is 298. The van der Waals surface area contributed by atoms with Crippen LogP contribution in [0, 0.1) is 6.92 Å². The van der Waals surface area contributed by atoms with Gasteiger partial charge in [-0.25, -0.2) is 0 Å². The molecule has 0 saturated carbocycles. The third kappa shape index (κ3) is 3.33. The molecule has 2 nitrogen and oxygen atoms in total. The zero-order valence-corrected chi connectivity index (χ0v) is 9.86. The summed E-state index contributed by atoms with van der Waals surface area (Å²) in [7, 11) is 0. The second kappa shape index (κ2) is 5.89. The van der Waals surface area contributed by atoms with E-state index in [0.29, 0.717) is 6.54 Å². The molecule has 0 fully saturated rings. The van der Waals surface area contributed by atoms with Crippen LogP contribution < -0.4 is 5.73 Å². The first-order valence-electron chi connectivity index (χ1n) is 5.60. The zero-order valence-electron chi connectivity index (χ0n) is 9.86. The van der Waals surface area contributed by atoms with E-state index in [0.717, 1.165) is 6.42 Å². The molecule has 1 aromatic rings. The minimum Gasteiger partial charge on any atom is -0.369 e. The molecule has 0 saturated heterocycles. The highest BCUT2D eigenvalue weighted by Gasteiger charge is 2.14. The van der Waals surface area contributed by atoms with Crippen LogP contribution in [-0.2, 0) is 4.74 Å². The van der Waals surface area contributed by atoms with Crippen molar-refractivity contribution in [1.29, 1.82) is 0 Å². The second-order valence-corrected chi connectivity index (χ2v) is 3.94. The van der Waals surface area contributed by atoms with Gasteiger partial charge in [0, 0.05) is 6.54 Å². The van der Waals surface area contributed by atoms with Crippen molar-refractivity contribution in [3.8, 4) is 0 Å². The lowest BCUT2D eigenvalue weighted by molar-refractivity contribution is -0.000331. The minimum absolute atomic E-state index is 0.0288. The number of benzene rings is 1. The van der Waals surface area contributed by atoms with Crippen LogP contribution in [0.2, 0.25) is 0 Å². The lowest BCUT2D eigenvalue weighted by Gasteiger charge is -2.22. The number of ether oxygens (including phenoxy) is 1. The zero-order chi connectivity index (χ0) is 11.3. The third-order valence-corrected chi connectivity index (χ3v) is 2.72. The first-order valence-corrected chi connectivity index (χ1v) is 5.60. The summed E-state index contributed by atoms with van der Waals surface area (Å²) >= 11 is 0. The fourth-order valence-corrected chi connectivity index (χ4v) is 1.58. The lowest BCUT2D eigenvalue weighted by atomic mass is 10.0. The molecule has 0 bridgehead atoms. The second-order valence-electron chi connectivity index (χ2n) is 3.94. The van der Waals surface area contributed by atoms with Gasteiger partial charge in [-0.15, -0.1) is 0 Å². The van der Waals surface area contributed by atoms with Crippen LogP contribution in [0.25, 0.3) is 0 Å². The summed E-state index contributed by atoms with van der Waals surface area (Å²) in [5.74, 6) is 0. The minimum atomic E-state index is 0.0288. The smallest absolute Gasteiger partial charge is 0.0953 e. The summed E-state index contributed by atoms with van der Waals surface area (Å²) in [6.45, 7) is 6.84. The van der Waals surface area contributed by atoms with Gasteiger partial charge < -0.3 is 10.5 Å². The van der Waals surface area contributed by atoms with Gasteiger partial charge in [-0.2, -0.15) is 0 Å². The Hall–Kier alpha value is -0.860. The molecule has 0 radical (unpaired) electrons. The Morgan fingerprint density at radius 3 is 2.53 bits per heavy atom. The Morgan fingerprint density at radius 2 is 2.00 bits per heavy atom. The number of hydrogen-bond acceptors (Lipinski definition) is 2. The van der Waals surface area contributed by atoms with Crippen LogP contribution in [0.3, 0.4) is 0 Å². The maximum atomic E-state index is 5.89. The first-order chi connectivity index (χ1) is 7.19. The van der Waals surface area contributed by atoms with Crippen molar-refractivity contribution in [3.05, 3.63) is 35.4 Å². The number of aryl methyl sites for hydroxylation is 1. The van der Waals surface area contributed by atoms with Crippen LogP contribution in [-0.4, -0.2) is 12.6 Å². The summed E-state index contributed by atoms with van der Waals surface area (Å²) in [6.07, 6.45) is 1.31. The first kappa shape index (κ1) is 12.2. The number of nitrogens with two attached hydrogens (primary N) is 1. The van der Waals surface area contributed by atoms with Crippen LogP contribution in [0.4, 0.5) is 0 Å². The Kier molecular flexibility index (Phi) is 4.79. The summed E-state index contributed by atoms with van der Waals surface area (Å²) in [5, 5.41) is 0. The molecule has 0 aromatic heterocycles. The molecule has 1 rings (SSSR count). The van der Waals surface area contributed by atoms with E-state index in [1.54, 1.807) is 0 Å². The van der Waals surface area contributed by atoms with Crippen LogP contribution in [0.15, 0.2) is 24.3 Å². The molecular weight excluding hydrogens is 186 g/mol. The fourth-order valence-electron chi connectivity index (χ4n) is 1.58.